The highest BCUT2D eigenvalue weighted by molar-refractivity contribution is 5.47. The number of aliphatic hydroxyl groups is 1. The highest BCUT2D eigenvalue weighted by Crippen LogP contribution is 2.22. The van der Waals surface area contributed by atoms with E-state index < -0.39 is 6.23 Å². The number of ether oxygens (including phenoxy) is 1. The number of anilines is 1. The standard InChI is InChI=1S/C14H15NO2/c1-11(16)15-12-7-9-14(10-8-12)17-13-5-3-2-4-6-13/h2-11,15-16H,1H3. The lowest BCUT2D eigenvalue weighted by Gasteiger charge is -2.10. The van der Waals surface area contributed by atoms with Crippen molar-refractivity contribution in [3.05, 3.63) is 54.6 Å². The molecular weight excluding hydrogens is 214 g/mol. The number of rotatable bonds is 4. The Bertz CT molecular complexity index is 451. The van der Waals surface area contributed by atoms with E-state index in [2.05, 4.69) is 5.32 Å². The Morgan fingerprint density at radius 1 is 0.941 bits per heavy atom. The molecule has 0 saturated heterocycles. The summed E-state index contributed by atoms with van der Waals surface area (Å²) in [6.45, 7) is 1.67. The molecular formula is C14H15NO2. The van der Waals surface area contributed by atoms with Gasteiger partial charge in [0.15, 0.2) is 0 Å². The van der Waals surface area contributed by atoms with Crippen LogP contribution in [0.3, 0.4) is 0 Å². The van der Waals surface area contributed by atoms with Crippen LogP contribution < -0.4 is 10.1 Å². The molecule has 0 fully saturated rings. The van der Waals surface area contributed by atoms with Crippen LogP contribution in [0, 0.1) is 0 Å². The molecule has 3 nitrogen and oxygen atoms in total. The minimum absolute atomic E-state index is 0.559. The van der Waals surface area contributed by atoms with Gasteiger partial charge in [-0.25, -0.2) is 0 Å². The Kier molecular flexibility index (Phi) is 3.62. The molecule has 0 aliphatic carbocycles. The van der Waals surface area contributed by atoms with Gasteiger partial charge in [0, 0.05) is 5.69 Å². The van der Waals surface area contributed by atoms with Crippen molar-refractivity contribution < 1.29 is 9.84 Å². The second-order valence-corrected chi connectivity index (χ2v) is 3.76. The van der Waals surface area contributed by atoms with Gasteiger partial charge in [0.2, 0.25) is 0 Å². The van der Waals surface area contributed by atoms with Crippen molar-refractivity contribution >= 4 is 5.69 Å². The van der Waals surface area contributed by atoms with Crippen LogP contribution in [-0.2, 0) is 0 Å². The van der Waals surface area contributed by atoms with Gasteiger partial charge in [-0.3, -0.25) is 0 Å². The van der Waals surface area contributed by atoms with Crippen LogP contribution in [0.25, 0.3) is 0 Å². The maximum atomic E-state index is 9.17. The van der Waals surface area contributed by atoms with E-state index in [0.717, 1.165) is 17.2 Å². The fourth-order valence-electron chi connectivity index (χ4n) is 1.49. The molecule has 0 bridgehead atoms. The molecule has 17 heavy (non-hydrogen) atoms. The minimum Gasteiger partial charge on any atom is -0.457 e. The van der Waals surface area contributed by atoms with Crippen LogP contribution in [-0.4, -0.2) is 11.3 Å². The first-order valence-corrected chi connectivity index (χ1v) is 5.51. The molecule has 2 rings (SSSR count). The van der Waals surface area contributed by atoms with Gasteiger partial charge in [-0.2, -0.15) is 0 Å². The van der Waals surface area contributed by atoms with Gasteiger partial charge in [0.25, 0.3) is 0 Å². The predicted octanol–water partition coefficient (Wildman–Crippen LogP) is 3.23. The van der Waals surface area contributed by atoms with Crippen molar-refractivity contribution in [3.8, 4) is 11.5 Å². The van der Waals surface area contributed by atoms with E-state index in [1.54, 1.807) is 6.92 Å². The average Bonchev–Trinajstić information content (AvgIpc) is 2.32. The first kappa shape index (κ1) is 11.5. The lowest BCUT2D eigenvalue weighted by Crippen LogP contribution is -2.12. The quantitative estimate of drug-likeness (QED) is 0.791. The molecule has 3 heteroatoms. The summed E-state index contributed by atoms with van der Waals surface area (Å²) in [5.74, 6) is 1.58. The Morgan fingerprint density at radius 2 is 1.53 bits per heavy atom. The largest absolute Gasteiger partial charge is 0.457 e. The van der Waals surface area contributed by atoms with Crippen molar-refractivity contribution in [1.82, 2.24) is 0 Å². The third kappa shape index (κ3) is 3.50. The van der Waals surface area contributed by atoms with Crippen LogP contribution in [0.1, 0.15) is 6.92 Å². The number of benzene rings is 2. The third-order valence-electron chi connectivity index (χ3n) is 2.21. The first-order chi connectivity index (χ1) is 8.24. The summed E-state index contributed by atoms with van der Waals surface area (Å²) in [7, 11) is 0. The van der Waals surface area contributed by atoms with Crippen LogP contribution >= 0.6 is 0 Å². The first-order valence-electron chi connectivity index (χ1n) is 5.51. The zero-order valence-electron chi connectivity index (χ0n) is 9.63. The van der Waals surface area contributed by atoms with Crippen LogP contribution in [0.15, 0.2) is 54.6 Å². The zero-order valence-corrected chi connectivity index (χ0v) is 9.63. The van der Waals surface area contributed by atoms with E-state index in [4.69, 9.17) is 9.84 Å². The normalized spacial score (nSPS) is 11.9. The zero-order chi connectivity index (χ0) is 12.1. The summed E-state index contributed by atoms with van der Waals surface area (Å²) >= 11 is 0. The van der Waals surface area contributed by atoms with Crippen molar-refractivity contribution in [3.63, 3.8) is 0 Å². The van der Waals surface area contributed by atoms with Gasteiger partial charge >= 0.3 is 0 Å². The molecule has 1 unspecified atom stereocenters. The molecule has 2 aromatic carbocycles. The van der Waals surface area contributed by atoms with E-state index in [-0.39, 0.29) is 0 Å². The summed E-state index contributed by atoms with van der Waals surface area (Å²) in [5.41, 5.74) is 0.861. The summed E-state index contributed by atoms with van der Waals surface area (Å²) in [5, 5.41) is 12.1. The molecule has 2 N–H and O–H groups in total. The van der Waals surface area contributed by atoms with Crippen LogP contribution in [0.2, 0.25) is 0 Å². The lowest BCUT2D eigenvalue weighted by atomic mass is 10.3. The van der Waals surface area contributed by atoms with Crippen molar-refractivity contribution in [2.45, 2.75) is 13.2 Å². The van der Waals surface area contributed by atoms with Crippen molar-refractivity contribution in [2.75, 3.05) is 5.32 Å². The van der Waals surface area contributed by atoms with Crippen molar-refractivity contribution in [2.24, 2.45) is 0 Å². The van der Waals surface area contributed by atoms with E-state index in [9.17, 15) is 0 Å². The average molecular weight is 229 g/mol. The molecule has 0 aliphatic rings. The number of aliphatic hydroxyl groups excluding tert-OH is 1. The predicted molar refractivity (Wildman–Crippen MR) is 68.3 cm³/mol. The summed E-state index contributed by atoms with van der Waals surface area (Å²) < 4.78 is 5.65. The third-order valence-corrected chi connectivity index (χ3v) is 2.21. The highest BCUT2D eigenvalue weighted by atomic mass is 16.5. The van der Waals surface area contributed by atoms with Gasteiger partial charge < -0.3 is 15.2 Å². The van der Waals surface area contributed by atoms with Gasteiger partial charge in [-0.05, 0) is 43.3 Å². The molecule has 0 heterocycles. The van der Waals surface area contributed by atoms with E-state index in [0.29, 0.717) is 0 Å². The molecule has 0 aromatic heterocycles. The summed E-state index contributed by atoms with van der Waals surface area (Å²) in [6, 6.07) is 17.1. The summed E-state index contributed by atoms with van der Waals surface area (Å²) in [6.07, 6.45) is -0.559. The van der Waals surface area contributed by atoms with E-state index in [1.165, 1.54) is 0 Å². The molecule has 2 aromatic rings. The monoisotopic (exact) mass is 229 g/mol. The van der Waals surface area contributed by atoms with Gasteiger partial charge in [0.1, 0.15) is 17.7 Å². The SMILES string of the molecule is CC(O)Nc1ccc(Oc2ccccc2)cc1. The molecule has 0 aliphatic heterocycles. The van der Waals surface area contributed by atoms with E-state index >= 15 is 0 Å². The summed E-state index contributed by atoms with van der Waals surface area (Å²) in [4.78, 5) is 0. The minimum atomic E-state index is -0.559. The fourth-order valence-corrected chi connectivity index (χ4v) is 1.49. The molecule has 0 saturated carbocycles. The van der Waals surface area contributed by atoms with Gasteiger partial charge in [-0.1, -0.05) is 18.2 Å². The van der Waals surface area contributed by atoms with Gasteiger partial charge in [-0.15, -0.1) is 0 Å². The molecule has 0 radical (unpaired) electrons. The smallest absolute Gasteiger partial charge is 0.127 e. The lowest BCUT2D eigenvalue weighted by molar-refractivity contribution is 0.224. The Labute approximate surface area is 101 Å². The number of para-hydroxylation sites is 1. The number of hydrogen-bond acceptors (Lipinski definition) is 3. The second kappa shape index (κ2) is 5.37. The highest BCUT2D eigenvalue weighted by Gasteiger charge is 1.98. The Morgan fingerprint density at radius 3 is 2.12 bits per heavy atom. The maximum Gasteiger partial charge on any atom is 0.127 e. The maximum absolute atomic E-state index is 9.17. The number of nitrogens with one attached hydrogen (secondary N) is 1. The fraction of sp³-hybridized carbons (Fsp3) is 0.143. The Hall–Kier alpha value is -2.00. The molecule has 88 valence electrons. The van der Waals surface area contributed by atoms with Crippen LogP contribution in [0.4, 0.5) is 5.69 Å². The molecule has 1 atom stereocenters. The Balaban J connectivity index is 2.03. The molecule has 0 spiro atoms. The van der Waals surface area contributed by atoms with Crippen molar-refractivity contribution in [1.29, 1.82) is 0 Å². The number of hydrogen-bond donors (Lipinski definition) is 2. The van der Waals surface area contributed by atoms with E-state index in [1.807, 2.05) is 54.6 Å². The second-order valence-electron chi connectivity index (χ2n) is 3.76. The molecule has 0 amide bonds. The van der Waals surface area contributed by atoms with Gasteiger partial charge in [0.05, 0.1) is 0 Å². The van der Waals surface area contributed by atoms with Crippen LogP contribution in [0.5, 0.6) is 11.5 Å². The topological polar surface area (TPSA) is 41.5 Å².